The molecule has 1 amide bonds. The number of anilines is 1. The molecule has 0 aliphatic heterocycles. The second-order valence-electron chi connectivity index (χ2n) is 6.31. The van der Waals surface area contributed by atoms with Crippen LogP contribution in [0.1, 0.15) is 16.9 Å². The van der Waals surface area contributed by atoms with Gasteiger partial charge in [0.05, 0.1) is 22.4 Å². The van der Waals surface area contributed by atoms with Crippen LogP contribution in [0.25, 0.3) is 5.76 Å². The third-order valence-electron chi connectivity index (χ3n) is 4.22. The highest BCUT2D eigenvalue weighted by Gasteiger charge is 2.21. The summed E-state index contributed by atoms with van der Waals surface area (Å²) in [5.74, 6) is -1.63. The van der Waals surface area contributed by atoms with Crippen LogP contribution in [0, 0.1) is 18.3 Å². The highest BCUT2D eigenvalue weighted by atomic mass is 35.5. The Labute approximate surface area is 182 Å². The van der Waals surface area contributed by atoms with E-state index in [2.05, 4.69) is 15.5 Å². The van der Waals surface area contributed by atoms with Crippen molar-refractivity contribution in [1.82, 2.24) is 10.1 Å². The zero-order valence-electron chi connectivity index (χ0n) is 16.0. The number of hydrogen-bond acceptors (Lipinski definition) is 8. The molecular weight excluding hydrogens is 444 g/mol. The van der Waals surface area contributed by atoms with Crippen LogP contribution in [0.3, 0.4) is 0 Å². The molecule has 0 atom stereocenters. The smallest absolute Gasteiger partial charge is 0.271 e. The number of hydrogen-bond donors (Lipinski definition) is 2. The van der Waals surface area contributed by atoms with E-state index < -0.39 is 27.1 Å². The molecule has 3 rings (SSSR count). The van der Waals surface area contributed by atoms with Crippen LogP contribution < -0.4 is 5.32 Å². The molecule has 31 heavy (non-hydrogen) atoms. The van der Waals surface area contributed by atoms with Gasteiger partial charge < -0.3 is 14.9 Å². The number of nitrogens with one attached hydrogen (secondary N) is 1. The van der Waals surface area contributed by atoms with Crippen LogP contribution >= 0.6 is 11.6 Å². The normalized spacial score (nSPS) is 12.0. The minimum absolute atomic E-state index is 0.00992. The second kappa shape index (κ2) is 8.99. The van der Waals surface area contributed by atoms with Crippen molar-refractivity contribution in [2.24, 2.45) is 0 Å². The zero-order valence-corrected chi connectivity index (χ0v) is 17.6. The molecular formula is C20H15ClN4O5S. The molecule has 0 saturated heterocycles. The molecule has 1 aromatic carbocycles. The number of nitrogens with zero attached hydrogens (tertiary/aromatic N) is 3. The molecule has 0 saturated carbocycles. The van der Waals surface area contributed by atoms with Gasteiger partial charge in [-0.25, -0.2) is 13.4 Å². The Kier molecular flexibility index (Phi) is 6.39. The first-order valence-electron chi connectivity index (χ1n) is 8.71. The molecule has 0 unspecified atom stereocenters. The van der Waals surface area contributed by atoms with Gasteiger partial charge in [0.1, 0.15) is 17.6 Å². The van der Waals surface area contributed by atoms with Gasteiger partial charge in [-0.3, -0.25) is 4.79 Å². The number of pyridine rings is 1. The minimum atomic E-state index is -3.73. The second-order valence-corrected chi connectivity index (χ2v) is 8.71. The molecule has 0 bridgehead atoms. The van der Waals surface area contributed by atoms with Crippen molar-refractivity contribution in [2.75, 3.05) is 5.32 Å². The number of aliphatic hydroxyl groups is 1. The van der Waals surface area contributed by atoms with Crippen LogP contribution in [0.2, 0.25) is 5.02 Å². The number of sulfone groups is 1. The fourth-order valence-electron chi connectivity index (χ4n) is 2.59. The highest BCUT2D eigenvalue weighted by Crippen LogP contribution is 2.23. The maximum atomic E-state index is 12.6. The molecule has 9 nitrogen and oxygen atoms in total. The summed E-state index contributed by atoms with van der Waals surface area (Å²) in [7, 11) is -3.73. The molecule has 2 heterocycles. The summed E-state index contributed by atoms with van der Waals surface area (Å²) in [6.45, 7) is 1.51. The van der Waals surface area contributed by atoms with E-state index in [9.17, 15) is 23.6 Å². The lowest BCUT2D eigenvalue weighted by atomic mass is 10.1. The van der Waals surface area contributed by atoms with Gasteiger partial charge in [-0.05, 0) is 30.7 Å². The maximum Gasteiger partial charge on any atom is 0.271 e. The lowest BCUT2D eigenvalue weighted by Crippen LogP contribution is -2.16. The van der Waals surface area contributed by atoms with E-state index in [-0.39, 0.29) is 27.8 Å². The zero-order chi connectivity index (χ0) is 22.6. The van der Waals surface area contributed by atoms with Gasteiger partial charge in [0.25, 0.3) is 5.91 Å². The summed E-state index contributed by atoms with van der Waals surface area (Å²) < 4.78 is 30.0. The Morgan fingerprint density at radius 2 is 2.00 bits per heavy atom. The van der Waals surface area contributed by atoms with Crippen LogP contribution in [0.4, 0.5) is 5.82 Å². The first kappa shape index (κ1) is 22.0. The molecule has 2 N–H and O–H groups in total. The van der Waals surface area contributed by atoms with Crippen molar-refractivity contribution in [1.29, 1.82) is 5.26 Å². The van der Waals surface area contributed by atoms with Crippen molar-refractivity contribution in [3.8, 4) is 6.07 Å². The average Bonchev–Trinajstić information content (AvgIpc) is 3.16. The third-order valence-corrected chi connectivity index (χ3v) is 6.24. The molecule has 0 spiro atoms. The van der Waals surface area contributed by atoms with Gasteiger partial charge in [0.2, 0.25) is 0 Å². The van der Waals surface area contributed by atoms with Gasteiger partial charge in [0, 0.05) is 11.2 Å². The molecule has 158 valence electrons. The van der Waals surface area contributed by atoms with Crippen LogP contribution in [-0.2, 0) is 20.4 Å². The number of carbonyl (C=O) groups excluding carboxylic acids is 1. The highest BCUT2D eigenvalue weighted by molar-refractivity contribution is 7.90. The Morgan fingerprint density at radius 1 is 1.26 bits per heavy atom. The maximum absolute atomic E-state index is 12.6. The fraction of sp³-hybridized carbons (Fsp3) is 0.100. The third kappa shape index (κ3) is 4.91. The molecule has 3 aromatic rings. The van der Waals surface area contributed by atoms with E-state index in [0.717, 1.165) is 6.20 Å². The van der Waals surface area contributed by atoms with Gasteiger partial charge in [-0.15, -0.1) is 0 Å². The summed E-state index contributed by atoms with van der Waals surface area (Å²) in [6, 6.07) is 10.8. The summed E-state index contributed by atoms with van der Waals surface area (Å²) in [5, 5.41) is 25.6. The summed E-state index contributed by atoms with van der Waals surface area (Å²) in [4.78, 5) is 16.2. The van der Waals surface area contributed by atoms with E-state index in [1.165, 1.54) is 25.3 Å². The summed E-state index contributed by atoms with van der Waals surface area (Å²) >= 11 is 6.03. The van der Waals surface area contributed by atoms with E-state index in [4.69, 9.17) is 16.1 Å². The number of aromatic nitrogens is 2. The number of nitriles is 1. The Morgan fingerprint density at radius 3 is 2.58 bits per heavy atom. The van der Waals surface area contributed by atoms with Crippen molar-refractivity contribution in [3.63, 3.8) is 0 Å². The number of rotatable bonds is 6. The molecule has 0 fully saturated rings. The number of aryl methyl sites for hydroxylation is 1. The molecule has 0 aliphatic carbocycles. The first-order valence-corrected chi connectivity index (χ1v) is 10.7. The fourth-order valence-corrected chi connectivity index (χ4v) is 4.19. The number of aliphatic hydroxyl groups excluding tert-OH is 1. The molecule has 2 aromatic heterocycles. The van der Waals surface area contributed by atoms with Crippen LogP contribution in [0.15, 0.2) is 63.8 Å². The van der Waals surface area contributed by atoms with Crippen LogP contribution in [-0.4, -0.2) is 29.6 Å². The Bertz CT molecular complexity index is 1310. The van der Waals surface area contributed by atoms with Gasteiger partial charge in [0.15, 0.2) is 21.2 Å². The van der Waals surface area contributed by atoms with E-state index in [0.29, 0.717) is 10.6 Å². The topological polar surface area (TPSA) is 146 Å². The monoisotopic (exact) mass is 458 g/mol. The summed E-state index contributed by atoms with van der Waals surface area (Å²) in [5.41, 5.74) is -0.0333. The summed E-state index contributed by atoms with van der Waals surface area (Å²) in [6.07, 6.45) is 2.26. The van der Waals surface area contributed by atoms with Crippen LogP contribution in [0.5, 0.6) is 0 Å². The van der Waals surface area contributed by atoms with Gasteiger partial charge in [-0.1, -0.05) is 35.0 Å². The van der Waals surface area contributed by atoms with Crippen molar-refractivity contribution < 1.29 is 22.8 Å². The van der Waals surface area contributed by atoms with Crippen molar-refractivity contribution in [2.45, 2.75) is 17.6 Å². The lowest BCUT2D eigenvalue weighted by Gasteiger charge is -2.08. The molecule has 0 aliphatic rings. The SMILES string of the molecule is Cc1oncc1/C(O)=C(\C#N)C(=O)Nc1ccc(S(=O)(=O)Cc2ccccc2Cl)cn1. The Balaban J connectivity index is 1.79. The number of carbonyl (C=O) groups is 1. The predicted octanol–water partition coefficient (Wildman–Crippen LogP) is 3.44. The van der Waals surface area contributed by atoms with E-state index in [1.807, 2.05) is 0 Å². The first-order chi connectivity index (χ1) is 14.7. The molecule has 11 heteroatoms. The van der Waals surface area contributed by atoms with E-state index in [1.54, 1.807) is 30.3 Å². The Hall–Kier alpha value is -3.68. The molecule has 0 radical (unpaired) electrons. The van der Waals surface area contributed by atoms with E-state index >= 15 is 0 Å². The van der Waals surface area contributed by atoms with Crippen molar-refractivity contribution >= 4 is 38.9 Å². The van der Waals surface area contributed by atoms with Crippen molar-refractivity contribution in [3.05, 3.63) is 76.3 Å². The predicted molar refractivity (Wildman–Crippen MR) is 112 cm³/mol. The average molecular weight is 459 g/mol. The standard InChI is InChI=1S/C20H15ClN4O5S/c1-12-16(10-24-30-12)19(26)15(8-22)20(27)25-18-7-6-14(9-23-18)31(28,29)11-13-4-2-3-5-17(13)21/h2-7,9-10,26H,11H2,1H3,(H,23,25,27)/b19-15-. The lowest BCUT2D eigenvalue weighted by molar-refractivity contribution is -0.112. The van der Waals surface area contributed by atoms with Gasteiger partial charge >= 0.3 is 0 Å². The number of amides is 1. The van der Waals surface area contributed by atoms with Gasteiger partial charge in [-0.2, -0.15) is 5.26 Å². The minimum Gasteiger partial charge on any atom is -0.506 e. The number of benzene rings is 1. The number of halogens is 1. The quantitative estimate of drug-likeness (QED) is 0.324. The largest absolute Gasteiger partial charge is 0.506 e.